The van der Waals surface area contributed by atoms with E-state index in [0.717, 1.165) is 24.0 Å². The second-order valence-corrected chi connectivity index (χ2v) is 5.67. The van der Waals surface area contributed by atoms with Crippen LogP contribution < -0.4 is 0 Å². The van der Waals surface area contributed by atoms with E-state index in [1.807, 2.05) is 4.57 Å². The van der Waals surface area contributed by atoms with E-state index in [1.54, 1.807) is 6.07 Å². The Hall–Kier alpha value is -0.680. The fraction of sp³-hybridized carbons (Fsp3) is 0.462. The van der Waals surface area contributed by atoms with Crippen LogP contribution in [0.1, 0.15) is 32.6 Å². The Morgan fingerprint density at radius 2 is 2.11 bits per heavy atom. The molecule has 0 aliphatic rings. The van der Waals surface area contributed by atoms with Gasteiger partial charge in [0.25, 0.3) is 0 Å². The zero-order valence-corrected chi connectivity index (χ0v) is 12.7. The van der Waals surface area contributed by atoms with Crippen molar-refractivity contribution in [2.75, 3.05) is 0 Å². The molecular weight excluding hydrogens is 315 g/mol. The number of halogens is 2. The number of benzene rings is 1. The number of hydrogen-bond acceptors (Lipinski definition) is 1. The molecule has 0 saturated carbocycles. The average Bonchev–Trinajstić information content (AvgIpc) is 2.62. The summed E-state index contributed by atoms with van der Waals surface area (Å²) in [5, 5.41) is 0. The molecule has 0 spiro atoms. The van der Waals surface area contributed by atoms with Crippen LogP contribution in [0, 0.1) is 10.6 Å². The Balaban J connectivity index is 2.29. The number of aromatic amines is 1. The van der Waals surface area contributed by atoms with Crippen LogP contribution in [0.25, 0.3) is 11.0 Å². The van der Waals surface area contributed by atoms with Gasteiger partial charge in [-0.2, -0.15) is 0 Å². The summed E-state index contributed by atoms with van der Waals surface area (Å²) in [7, 11) is 0. The van der Waals surface area contributed by atoms with Gasteiger partial charge in [0.05, 0.1) is 15.5 Å². The fourth-order valence-corrected chi connectivity index (χ4v) is 2.71. The molecular formula is C13H16BrFN2S. The second-order valence-electron chi connectivity index (χ2n) is 4.43. The quantitative estimate of drug-likeness (QED) is 0.591. The normalized spacial score (nSPS) is 11.3. The third kappa shape index (κ3) is 2.83. The molecule has 1 aromatic carbocycles. The summed E-state index contributed by atoms with van der Waals surface area (Å²) in [4.78, 5) is 3.12. The molecule has 2 aromatic rings. The Kier molecular flexibility index (Phi) is 4.56. The molecule has 0 unspecified atom stereocenters. The molecule has 2 rings (SSSR count). The minimum absolute atomic E-state index is 0.251. The molecule has 0 bridgehead atoms. The summed E-state index contributed by atoms with van der Waals surface area (Å²) in [5.41, 5.74) is 1.72. The van der Waals surface area contributed by atoms with Gasteiger partial charge < -0.3 is 9.55 Å². The van der Waals surface area contributed by atoms with Crippen molar-refractivity contribution in [1.82, 2.24) is 9.55 Å². The van der Waals surface area contributed by atoms with Gasteiger partial charge in [-0.05, 0) is 40.6 Å². The van der Waals surface area contributed by atoms with E-state index in [4.69, 9.17) is 12.2 Å². The van der Waals surface area contributed by atoms with Crippen LogP contribution in [0.2, 0.25) is 0 Å². The highest BCUT2D eigenvalue weighted by molar-refractivity contribution is 9.10. The largest absolute Gasteiger partial charge is 0.331 e. The maximum absolute atomic E-state index is 13.6. The predicted molar refractivity (Wildman–Crippen MR) is 78.9 cm³/mol. The van der Waals surface area contributed by atoms with Crippen molar-refractivity contribution >= 4 is 39.2 Å². The smallest absolute Gasteiger partial charge is 0.178 e. The van der Waals surface area contributed by atoms with Crippen molar-refractivity contribution in [1.29, 1.82) is 0 Å². The number of imidazole rings is 1. The van der Waals surface area contributed by atoms with Gasteiger partial charge in [0.2, 0.25) is 0 Å². The van der Waals surface area contributed by atoms with Gasteiger partial charge in [-0.1, -0.05) is 26.2 Å². The van der Waals surface area contributed by atoms with Crippen LogP contribution in [0.15, 0.2) is 16.6 Å². The van der Waals surface area contributed by atoms with Gasteiger partial charge >= 0.3 is 0 Å². The topological polar surface area (TPSA) is 20.7 Å². The summed E-state index contributed by atoms with van der Waals surface area (Å²) in [5.74, 6) is -0.251. The Bertz CT molecular complexity index is 603. The maximum atomic E-state index is 13.6. The van der Waals surface area contributed by atoms with Gasteiger partial charge in [-0.25, -0.2) is 4.39 Å². The van der Waals surface area contributed by atoms with Gasteiger partial charge in [0, 0.05) is 12.6 Å². The first kappa shape index (κ1) is 13.7. The molecule has 0 amide bonds. The van der Waals surface area contributed by atoms with Gasteiger partial charge in [-0.15, -0.1) is 0 Å². The van der Waals surface area contributed by atoms with E-state index in [0.29, 0.717) is 9.24 Å². The molecule has 98 valence electrons. The molecule has 0 saturated heterocycles. The highest BCUT2D eigenvalue weighted by Crippen LogP contribution is 2.23. The van der Waals surface area contributed by atoms with Crippen LogP contribution >= 0.6 is 28.1 Å². The fourth-order valence-electron chi connectivity index (χ4n) is 2.07. The molecule has 0 aliphatic carbocycles. The van der Waals surface area contributed by atoms with E-state index in [-0.39, 0.29) is 5.82 Å². The van der Waals surface area contributed by atoms with E-state index in [9.17, 15) is 4.39 Å². The molecule has 0 radical (unpaired) electrons. The molecule has 18 heavy (non-hydrogen) atoms. The molecule has 0 aliphatic heterocycles. The van der Waals surface area contributed by atoms with Crippen molar-refractivity contribution in [3.05, 3.63) is 27.2 Å². The van der Waals surface area contributed by atoms with Crippen molar-refractivity contribution in [3.8, 4) is 0 Å². The molecule has 2 nitrogen and oxygen atoms in total. The molecule has 0 atom stereocenters. The van der Waals surface area contributed by atoms with Gasteiger partial charge in [0.1, 0.15) is 5.82 Å². The minimum Gasteiger partial charge on any atom is -0.331 e. The molecule has 1 N–H and O–H groups in total. The van der Waals surface area contributed by atoms with Crippen molar-refractivity contribution in [3.63, 3.8) is 0 Å². The summed E-state index contributed by atoms with van der Waals surface area (Å²) < 4.78 is 16.7. The van der Waals surface area contributed by atoms with Crippen LogP contribution in [0.5, 0.6) is 0 Å². The number of nitrogens with zero attached hydrogens (tertiary/aromatic N) is 1. The third-order valence-corrected chi connectivity index (χ3v) is 3.98. The second kappa shape index (κ2) is 5.97. The first-order valence-corrected chi connectivity index (χ1v) is 7.41. The molecule has 1 aromatic heterocycles. The Morgan fingerprint density at radius 3 is 2.83 bits per heavy atom. The SMILES string of the molecule is CCCCCCn1c(=S)[nH]c2cc(Br)c(F)cc21. The first-order valence-electron chi connectivity index (χ1n) is 6.21. The summed E-state index contributed by atoms with van der Waals surface area (Å²) >= 11 is 8.47. The monoisotopic (exact) mass is 330 g/mol. The highest BCUT2D eigenvalue weighted by atomic mass is 79.9. The van der Waals surface area contributed by atoms with Crippen molar-refractivity contribution in [2.24, 2.45) is 0 Å². The number of unbranched alkanes of at least 4 members (excludes halogenated alkanes) is 3. The summed E-state index contributed by atoms with van der Waals surface area (Å²) in [6, 6.07) is 3.27. The lowest BCUT2D eigenvalue weighted by molar-refractivity contribution is 0.585. The van der Waals surface area contributed by atoms with Crippen LogP contribution in [0.3, 0.4) is 0 Å². The van der Waals surface area contributed by atoms with Gasteiger partial charge in [-0.3, -0.25) is 0 Å². The number of nitrogens with one attached hydrogen (secondary N) is 1. The average molecular weight is 331 g/mol. The lowest BCUT2D eigenvalue weighted by Gasteiger charge is -2.04. The number of aryl methyl sites for hydroxylation is 1. The van der Waals surface area contributed by atoms with Crippen LogP contribution in [-0.2, 0) is 6.54 Å². The molecule has 0 fully saturated rings. The summed E-state index contributed by atoms with van der Waals surface area (Å²) in [6.07, 6.45) is 4.70. The zero-order chi connectivity index (χ0) is 13.1. The number of rotatable bonds is 5. The number of hydrogen-bond donors (Lipinski definition) is 1. The Morgan fingerprint density at radius 1 is 1.33 bits per heavy atom. The third-order valence-electron chi connectivity index (χ3n) is 3.05. The minimum atomic E-state index is -0.251. The van der Waals surface area contributed by atoms with E-state index < -0.39 is 0 Å². The van der Waals surface area contributed by atoms with Crippen molar-refractivity contribution < 1.29 is 4.39 Å². The lowest BCUT2D eigenvalue weighted by atomic mass is 10.2. The van der Waals surface area contributed by atoms with Crippen molar-refractivity contribution in [2.45, 2.75) is 39.2 Å². The number of H-pyrrole nitrogens is 1. The molecule has 5 heteroatoms. The standard InChI is InChI=1S/C13H16BrFN2S/c1-2-3-4-5-6-17-12-8-10(15)9(14)7-11(12)16-13(17)18/h7-8H,2-6H2,1H3,(H,16,18). The molecule has 1 heterocycles. The predicted octanol–water partition coefficient (Wildman–Crippen LogP) is 5.18. The van der Waals surface area contributed by atoms with E-state index >= 15 is 0 Å². The van der Waals surface area contributed by atoms with Gasteiger partial charge in [0.15, 0.2) is 4.77 Å². The number of fused-ring (bicyclic) bond motifs is 1. The zero-order valence-electron chi connectivity index (χ0n) is 10.3. The number of aromatic nitrogens is 2. The van der Waals surface area contributed by atoms with E-state index in [1.165, 1.54) is 25.3 Å². The lowest BCUT2D eigenvalue weighted by Crippen LogP contribution is -1.98. The highest BCUT2D eigenvalue weighted by Gasteiger charge is 2.08. The summed E-state index contributed by atoms with van der Waals surface area (Å²) in [6.45, 7) is 3.03. The maximum Gasteiger partial charge on any atom is 0.178 e. The van der Waals surface area contributed by atoms with E-state index in [2.05, 4.69) is 27.8 Å². The van der Waals surface area contributed by atoms with Crippen LogP contribution in [0.4, 0.5) is 4.39 Å². The first-order chi connectivity index (χ1) is 8.63. The van der Waals surface area contributed by atoms with Crippen LogP contribution in [-0.4, -0.2) is 9.55 Å². The Labute approximate surface area is 119 Å².